The van der Waals surface area contributed by atoms with Gasteiger partial charge < -0.3 is 10.4 Å². The molecule has 0 spiro atoms. The summed E-state index contributed by atoms with van der Waals surface area (Å²) in [6, 6.07) is 8.53. The van der Waals surface area contributed by atoms with E-state index in [4.69, 9.17) is 5.11 Å². The van der Waals surface area contributed by atoms with Crippen LogP contribution in [0.25, 0.3) is 0 Å². The van der Waals surface area contributed by atoms with Crippen LogP contribution < -0.4 is 5.32 Å². The summed E-state index contributed by atoms with van der Waals surface area (Å²) < 4.78 is 0. The van der Waals surface area contributed by atoms with Crippen LogP contribution in [0.3, 0.4) is 0 Å². The molecule has 0 heterocycles. The molecule has 1 aromatic carbocycles. The van der Waals surface area contributed by atoms with Crippen molar-refractivity contribution < 1.29 is 5.11 Å². The Labute approximate surface area is 78.6 Å². The van der Waals surface area contributed by atoms with E-state index in [1.807, 2.05) is 12.1 Å². The molecule has 0 bridgehead atoms. The van der Waals surface area contributed by atoms with E-state index in [0.29, 0.717) is 11.8 Å². The van der Waals surface area contributed by atoms with Crippen LogP contribution in [0.2, 0.25) is 0 Å². The molecule has 1 saturated carbocycles. The van der Waals surface area contributed by atoms with Crippen LogP contribution in [0.1, 0.15) is 31.4 Å². The second-order valence-electron chi connectivity index (χ2n) is 3.75. The van der Waals surface area contributed by atoms with Crippen LogP contribution in [-0.2, 0) is 0 Å². The molecule has 1 aromatic rings. The largest absolute Gasteiger partial charge is 0.508 e. The predicted molar refractivity (Wildman–Crippen MR) is 52.7 cm³/mol. The molecule has 0 amide bonds. The molecule has 2 N–H and O–H groups in total. The molecule has 0 saturated heterocycles. The molecule has 13 heavy (non-hydrogen) atoms. The van der Waals surface area contributed by atoms with Crippen LogP contribution in [0.4, 0.5) is 0 Å². The topological polar surface area (TPSA) is 32.3 Å². The van der Waals surface area contributed by atoms with Gasteiger partial charge in [0.25, 0.3) is 0 Å². The molecule has 0 aromatic heterocycles. The molecule has 1 atom stereocenters. The van der Waals surface area contributed by atoms with Gasteiger partial charge in [-0.2, -0.15) is 0 Å². The van der Waals surface area contributed by atoms with Crippen molar-refractivity contribution in [1.82, 2.24) is 5.32 Å². The van der Waals surface area contributed by atoms with Crippen molar-refractivity contribution >= 4 is 0 Å². The van der Waals surface area contributed by atoms with Crippen molar-refractivity contribution in [3.05, 3.63) is 29.8 Å². The molecule has 2 nitrogen and oxygen atoms in total. The molecule has 1 aliphatic rings. The highest BCUT2D eigenvalue weighted by Gasteiger charge is 2.22. The minimum atomic E-state index is 0.336. The van der Waals surface area contributed by atoms with Crippen molar-refractivity contribution in [3.8, 4) is 5.75 Å². The van der Waals surface area contributed by atoms with Crippen LogP contribution in [0, 0.1) is 0 Å². The van der Waals surface area contributed by atoms with E-state index in [9.17, 15) is 0 Å². The van der Waals surface area contributed by atoms with Crippen LogP contribution in [-0.4, -0.2) is 11.1 Å². The molecule has 0 radical (unpaired) electrons. The van der Waals surface area contributed by atoms with Gasteiger partial charge >= 0.3 is 0 Å². The molecule has 2 heteroatoms. The number of hydrogen-bond donors (Lipinski definition) is 2. The number of aromatic hydroxyl groups is 1. The first-order valence-electron chi connectivity index (χ1n) is 4.80. The normalized spacial score (nSPS) is 18.5. The van der Waals surface area contributed by atoms with Crippen molar-refractivity contribution in [2.45, 2.75) is 31.8 Å². The molecule has 0 aliphatic heterocycles. The molecular weight excluding hydrogens is 162 g/mol. The highest BCUT2D eigenvalue weighted by Crippen LogP contribution is 2.24. The number of hydrogen-bond acceptors (Lipinski definition) is 2. The van der Waals surface area contributed by atoms with Gasteiger partial charge in [-0.05, 0) is 37.5 Å². The molecule has 70 valence electrons. The summed E-state index contributed by atoms with van der Waals surface area (Å²) in [5.41, 5.74) is 1.24. The molecule has 1 aliphatic carbocycles. The van der Waals surface area contributed by atoms with E-state index >= 15 is 0 Å². The summed E-state index contributed by atoms with van der Waals surface area (Å²) in [7, 11) is 0. The lowest BCUT2D eigenvalue weighted by Crippen LogP contribution is -2.20. The zero-order chi connectivity index (χ0) is 9.26. The summed E-state index contributed by atoms with van der Waals surface area (Å²) in [4.78, 5) is 0. The maximum atomic E-state index is 9.11. The Morgan fingerprint density at radius 3 is 2.46 bits per heavy atom. The molecule has 1 fully saturated rings. The second kappa shape index (κ2) is 3.38. The van der Waals surface area contributed by atoms with Gasteiger partial charge in [0.15, 0.2) is 0 Å². The smallest absolute Gasteiger partial charge is 0.115 e. The summed E-state index contributed by atoms with van der Waals surface area (Å²) >= 11 is 0. The Kier molecular flexibility index (Phi) is 2.23. The lowest BCUT2D eigenvalue weighted by atomic mass is 10.1. The minimum Gasteiger partial charge on any atom is -0.508 e. The van der Waals surface area contributed by atoms with Crippen molar-refractivity contribution in [2.75, 3.05) is 0 Å². The fourth-order valence-corrected chi connectivity index (χ4v) is 1.46. The minimum absolute atomic E-state index is 0.336. The Morgan fingerprint density at radius 2 is 1.92 bits per heavy atom. The third kappa shape index (κ3) is 2.22. The Morgan fingerprint density at radius 1 is 1.31 bits per heavy atom. The number of phenolic OH excluding ortho intramolecular Hbond substituents is 1. The number of rotatable bonds is 3. The van der Waals surface area contributed by atoms with Gasteiger partial charge in [0.05, 0.1) is 0 Å². The van der Waals surface area contributed by atoms with E-state index in [2.05, 4.69) is 12.2 Å². The third-order valence-electron chi connectivity index (χ3n) is 2.46. The SMILES string of the molecule is C[C@H](NC1CC1)c1ccc(O)cc1. The highest BCUT2D eigenvalue weighted by atomic mass is 16.3. The van der Waals surface area contributed by atoms with Gasteiger partial charge in [0.2, 0.25) is 0 Å². The van der Waals surface area contributed by atoms with Gasteiger partial charge in [-0.3, -0.25) is 0 Å². The first-order valence-corrected chi connectivity index (χ1v) is 4.80. The van der Waals surface area contributed by atoms with Crippen LogP contribution in [0.5, 0.6) is 5.75 Å². The Hall–Kier alpha value is -1.02. The summed E-state index contributed by atoms with van der Waals surface area (Å²) in [6.07, 6.45) is 2.62. The standard InChI is InChI=1S/C11H15NO/c1-8(12-10-4-5-10)9-2-6-11(13)7-3-9/h2-3,6-8,10,12-13H,4-5H2,1H3/t8-/m0/s1. The van der Waals surface area contributed by atoms with E-state index in [-0.39, 0.29) is 0 Å². The lowest BCUT2D eigenvalue weighted by Gasteiger charge is -2.13. The predicted octanol–water partition coefficient (Wildman–Crippen LogP) is 2.21. The Balaban J connectivity index is 2.01. The lowest BCUT2D eigenvalue weighted by molar-refractivity contribution is 0.474. The van der Waals surface area contributed by atoms with Crippen LogP contribution in [0.15, 0.2) is 24.3 Å². The van der Waals surface area contributed by atoms with Gasteiger partial charge in [-0.25, -0.2) is 0 Å². The average molecular weight is 177 g/mol. The average Bonchev–Trinajstić information content (AvgIpc) is 2.89. The third-order valence-corrected chi connectivity index (χ3v) is 2.46. The van der Waals surface area contributed by atoms with Crippen molar-refractivity contribution in [1.29, 1.82) is 0 Å². The summed E-state index contributed by atoms with van der Waals surface area (Å²) in [5, 5.41) is 12.6. The van der Waals surface area contributed by atoms with E-state index < -0.39 is 0 Å². The molecular formula is C11H15NO. The quantitative estimate of drug-likeness (QED) is 0.742. The van der Waals surface area contributed by atoms with Gasteiger partial charge in [-0.1, -0.05) is 12.1 Å². The molecule has 2 rings (SSSR count). The zero-order valence-electron chi connectivity index (χ0n) is 7.83. The van der Waals surface area contributed by atoms with Crippen LogP contribution >= 0.6 is 0 Å². The zero-order valence-corrected chi connectivity index (χ0v) is 7.83. The summed E-state index contributed by atoms with van der Waals surface area (Å²) in [6.45, 7) is 2.16. The van der Waals surface area contributed by atoms with Gasteiger partial charge in [0, 0.05) is 12.1 Å². The highest BCUT2D eigenvalue weighted by molar-refractivity contribution is 5.27. The first kappa shape index (κ1) is 8.57. The number of benzene rings is 1. The van der Waals surface area contributed by atoms with Gasteiger partial charge in [0.1, 0.15) is 5.75 Å². The first-order chi connectivity index (χ1) is 6.25. The van der Waals surface area contributed by atoms with E-state index in [1.54, 1.807) is 12.1 Å². The van der Waals surface area contributed by atoms with E-state index in [1.165, 1.54) is 18.4 Å². The fraction of sp³-hybridized carbons (Fsp3) is 0.455. The maximum Gasteiger partial charge on any atom is 0.115 e. The monoisotopic (exact) mass is 177 g/mol. The molecule has 0 unspecified atom stereocenters. The summed E-state index contributed by atoms with van der Waals surface area (Å²) in [5.74, 6) is 0.336. The Bertz CT molecular complexity index is 277. The second-order valence-corrected chi connectivity index (χ2v) is 3.75. The van der Waals surface area contributed by atoms with Gasteiger partial charge in [-0.15, -0.1) is 0 Å². The number of phenols is 1. The number of nitrogens with one attached hydrogen (secondary N) is 1. The van der Waals surface area contributed by atoms with Crippen molar-refractivity contribution in [2.24, 2.45) is 0 Å². The maximum absolute atomic E-state index is 9.11. The van der Waals surface area contributed by atoms with Crippen molar-refractivity contribution in [3.63, 3.8) is 0 Å². The fourth-order valence-electron chi connectivity index (χ4n) is 1.46. The van der Waals surface area contributed by atoms with E-state index in [0.717, 1.165) is 6.04 Å².